The van der Waals surface area contributed by atoms with E-state index in [-0.39, 0.29) is 12.5 Å². The van der Waals surface area contributed by atoms with Gasteiger partial charge in [-0.3, -0.25) is 0 Å². The molecule has 128 valence electrons. The van der Waals surface area contributed by atoms with E-state index in [1.807, 2.05) is 5.32 Å². The van der Waals surface area contributed by atoms with Gasteiger partial charge in [0.25, 0.3) is 5.92 Å². The van der Waals surface area contributed by atoms with Gasteiger partial charge in [-0.2, -0.15) is 0 Å². The van der Waals surface area contributed by atoms with Crippen LogP contribution >= 0.6 is 0 Å². The monoisotopic (exact) mass is 329 g/mol. The zero-order valence-corrected chi connectivity index (χ0v) is 13.1. The predicted octanol–water partition coefficient (Wildman–Crippen LogP) is 3.44. The molecule has 1 amide bonds. The van der Waals surface area contributed by atoms with Crippen LogP contribution < -0.4 is 5.32 Å². The van der Waals surface area contributed by atoms with Gasteiger partial charge in [0.2, 0.25) is 0 Å². The first-order valence-electron chi connectivity index (χ1n) is 7.27. The number of benzene rings is 1. The van der Waals surface area contributed by atoms with Gasteiger partial charge >= 0.3 is 12.1 Å². The summed E-state index contributed by atoms with van der Waals surface area (Å²) in [6.45, 7) is 3.16. The lowest BCUT2D eigenvalue weighted by molar-refractivity contribution is -0.142. The molecule has 0 bridgehead atoms. The number of aliphatic carboxylic acids is 1. The molecule has 0 heterocycles. The number of hydrogen-bond donors (Lipinski definition) is 2. The number of carboxylic acids is 1. The van der Waals surface area contributed by atoms with E-state index in [9.17, 15) is 18.4 Å². The van der Waals surface area contributed by atoms with Crippen LogP contribution in [0.1, 0.15) is 32.3 Å². The Kier molecular flexibility index (Phi) is 6.93. The Morgan fingerprint density at radius 2 is 1.83 bits per heavy atom. The molecule has 5 nitrogen and oxygen atoms in total. The van der Waals surface area contributed by atoms with Gasteiger partial charge in [0.15, 0.2) is 0 Å². The van der Waals surface area contributed by atoms with Crippen LogP contribution in [-0.2, 0) is 16.1 Å². The Bertz CT molecular complexity index is 520. The highest BCUT2D eigenvalue weighted by Crippen LogP contribution is 2.28. The average Bonchev–Trinajstić information content (AvgIpc) is 2.43. The van der Waals surface area contributed by atoms with Gasteiger partial charge < -0.3 is 15.2 Å². The number of alkyl carbamates (subject to hydrolysis) is 1. The van der Waals surface area contributed by atoms with Crippen molar-refractivity contribution in [3.63, 3.8) is 0 Å². The maximum atomic E-state index is 13.7. The summed E-state index contributed by atoms with van der Waals surface area (Å²) in [7, 11) is 0. The molecule has 1 aromatic rings. The lowest BCUT2D eigenvalue weighted by Crippen LogP contribution is -2.44. The highest BCUT2D eigenvalue weighted by Gasteiger charge is 2.37. The maximum absolute atomic E-state index is 13.7. The second-order valence-electron chi connectivity index (χ2n) is 5.75. The van der Waals surface area contributed by atoms with Crippen LogP contribution in [0.5, 0.6) is 0 Å². The molecule has 1 unspecified atom stereocenters. The number of carboxylic acid groups (broad SMARTS) is 1. The summed E-state index contributed by atoms with van der Waals surface area (Å²) < 4.78 is 32.3. The smallest absolute Gasteiger partial charge is 0.408 e. The Balaban J connectivity index is 2.55. The van der Waals surface area contributed by atoms with Crippen molar-refractivity contribution >= 4 is 12.1 Å². The molecule has 2 N–H and O–H groups in total. The summed E-state index contributed by atoms with van der Waals surface area (Å²) in [5, 5.41) is 11.0. The zero-order chi connectivity index (χ0) is 17.5. The fraction of sp³-hybridized carbons (Fsp3) is 0.500. The molecule has 1 atom stereocenters. The van der Waals surface area contributed by atoms with Crippen molar-refractivity contribution in [2.75, 3.05) is 0 Å². The third-order valence-electron chi connectivity index (χ3n) is 3.01. The highest BCUT2D eigenvalue weighted by molar-refractivity contribution is 5.79. The molecule has 0 aromatic heterocycles. The number of rotatable bonds is 8. The second kappa shape index (κ2) is 8.45. The van der Waals surface area contributed by atoms with Crippen LogP contribution in [0.25, 0.3) is 0 Å². The summed E-state index contributed by atoms with van der Waals surface area (Å²) in [6, 6.07) is 7.04. The molecule has 7 heteroatoms. The summed E-state index contributed by atoms with van der Waals surface area (Å²) >= 11 is 0. The molecule has 0 aliphatic carbocycles. The Labute approximate surface area is 133 Å². The summed E-state index contributed by atoms with van der Waals surface area (Å²) in [6.07, 6.45) is -2.46. The van der Waals surface area contributed by atoms with E-state index in [1.165, 1.54) is 0 Å². The first kappa shape index (κ1) is 18.9. The first-order valence-corrected chi connectivity index (χ1v) is 7.27. The Morgan fingerprint density at radius 1 is 1.22 bits per heavy atom. The van der Waals surface area contributed by atoms with Crippen LogP contribution in [0.4, 0.5) is 13.6 Å². The minimum atomic E-state index is -3.18. The van der Waals surface area contributed by atoms with E-state index in [0.717, 1.165) is 0 Å². The maximum Gasteiger partial charge on any atom is 0.408 e. The third kappa shape index (κ3) is 7.58. The van der Waals surface area contributed by atoms with E-state index < -0.39 is 36.9 Å². The topological polar surface area (TPSA) is 75.6 Å². The lowest BCUT2D eigenvalue weighted by Gasteiger charge is -2.22. The standard InChI is InChI=1S/C16H21F2NO4/c1-11(2)8-16(17,18)9-13(14(20)21)19-15(22)23-10-12-6-4-3-5-7-12/h3-7,11,13H,8-10H2,1-2H3,(H,19,22)(H,20,21). The molecule has 0 fully saturated rings. The van der Waals surface area contributed by atoms with Crippen LogP contribution in [0.15, 0.2) is 30.3 Å². The van der Waals surface area contributed by atoms with E-state index >= 15 is 0 Å². The molecule has 0 saturated carbocycles. The molecule has 0 spiro atoms. The first-order chi connectivity index (χ1) is 10.7. The summed E-state index contributed by atoms with van der Waals surface area (Å²) in [4.78, 5) is 22.7. The van der Waals surface area contributed by atoms with E-state index in [4.69, 9.17) is 9.84 Å². The van der Waals surface area contributed by atoms with Crippen molar-refractivity contribution in [2.24, 2.45) is 5.92 Å². The third-order valence-corrected chi connectivity index (χ3v) is 3.01. The van der Waals surface area contributed by atoms with Gasteiger partial charge in [0, 0.05) is 12.8 Å². The molecule has 1 rings (SSSR count). The van der Waals surface area contributed by atoms with Crippen molar-refractivity contribution < 1.29 is 28.2 Å². The van der Waals surface area contributed by atoms with Crippen LogP contribution in [0.2, 0.25) is 0 Å². The largest absolute Gasteiger partial charge is 0.480 e. The number of alkyl halides is 2. The highest BCUT2D eigenvalue weighted by atomic mass is 19.3. The minimum absolute atomic E-state index is 0.0681. The van der Waals surface area contributed by atoms with Gasteiger partial charge in [-0.05, 0) is 11.5 Å². The quantitative estimate of drug-likeness (QED) is 0.766. The fourth-order valence-corrected chi connectivity index (χ4v) is 2.09. The van der Waals surface area contributed by atoms with E-state index in [0.29, 0.717) is 5.56 Å². The number of carbonyl (C=O) groups excluding carboxylic acids is 1. The zero-order valence-electron chi connectivity index (χ0n) is 13.1. The van der Waals surface area contributed by atoms with Gasteiger partial charge in [-0.15, -0.1) is 0 Å². The number of hydrogen-bond acceptors (Lipinski definition) is 3. The van der Waals surface area contributed by atoms with Crippen molar-refractivity contribution in [3.05, 3.63) is 35.9 Å². The van der Waals surface area contributed by atoms with Gasteiger partial charge in [-0.25, -0.2) is 18.4 Å². The van der Waals surface area contributed by atoms with Gasteiger partial charge in [0.1, 0.15) is 12.6 Å². The van der Waals surface area contributed by atoms with Crippen molar-refractivity contribution in [3.8, 4) is 0 Å². The number of carbonyl (C=O) groups is 2. The Hall–Kier alpha value is -2.18. The van der Waals surface area contributed by atoms with Crippen molar-refractivity contribution in [2.45, 2.75) is 45.3 Å². The molecule has 1 aromatic carbocycles. The number of ether oxygens (including phenoxy) is 1. The average molecular weight is 329 g/mol. The SMILES string of the molecule is CC(C)CC(F)(F)CC(NC(=O)OCc1ccccc1)C(=O)O. The molecule has 0 aliphatic heterocycles. The van der Waals surface area contributed by atoms with Gasteiger partial charge in [0.05, 0.1) is 0 Å². The molecule has 23 heavy (non-hydrogen) atoms. The number of nitrogens with one attached hydrogen (secondary N) is 1. The normalized spacial score (nSPS) is 12.7. The second-order valence-corrected chi connectivity index (χ2v) is 5.75. The predicted molar refractivity (Wildman–Crippen MR) is 80.2 cm³/mol. The molecule has 0 saturated heterocycles. The molecular weight excluding hydrogens is 308 g/mol. The van der Waals surface area contributed by atoms with Crippen molar-refractivity contribution in [1.29, 1.82) is 0 Å². The van der Waals surface area contributed by atoms with E-state index in [2.05, 4.69) is 0 Å². The molecule has 0 aliphatic rings. The van der Waals surface area contributed by atoms with Crippen LogP contribution in [0, 0.1) is 5.92 Å². The molecule has 0 radical (unpaired) electrons. The van der Waals surface area contributed by atoms with Crippen molar-refractivity contribution in [1.82, 2.24) is 5.32 Å². The molecular formula is C16H21F2NO4. The lowest BCUT2D eigenvalue weighted by atomic mass is 9.99. The van der Waals surface area contributed by atoms with Crippen LogP contribution in [-0.4, -0.2) is 29.1 Å². The summed E-state index contributed by atoms with van der Waals surface area (Å²) in [5.41, 5.74) is 0.708. The number of halogens is 2. The van der Waals surface area contributed by atoms with Crippen LogP contribution in [0.3, 0.4) is 0 Å². The Morgan fingerprint density at radius 3 is 2.35 bits per heavy atom. The van der Waals surface area contributed by atoms with E-state index in [1.54, 1.807) is 44.2 Å². The minimum Gasteiger partial charge on any atom is -0.480 e. The van der Waals surface area contributed by atoms with Gasteiger partial charge in [-0.1, -0.05) is 44.2 Å². The summed E-state index contributed by atoms with van der Waals surface area (Å²) in [5.74, 6) is -4.99. The number of amides is 1. The fourth-order valence-electron chi connectivity index (χ4n) is 2.09.